The van der Waals surface area contributed by atoms with Crippen LogP contribution in [0.2, 0.25) is 5.02 Å². The second kappa shape index (κ2) is 7.52. The Morgan fingerprint density at radius 1 is 1.32 bits per heavy atom. The molecule has 2 aromatic carbocycles. The summed E-state index contributed by atoms with van der Waals surface area (Å²) in [5.74, 6) is -0.0591. The van der Waals surface area contributed by atoms with Crippen molar-refractivity contribution >= 4 is 44.7 Å². The lowest BCUT2D eigenvalue weighted by Gasteiger charge is -2.19. The minimum atomic E-state index is -0.0591. The van der Waals surface area contributed by atoms with Crippen LogP contribution in [-0.4, -0.2) is 24.5 Å². The highest BCUT2D eigenvalue weighted by Gasteiger charge is 2.22. The molecule has 1 heterocycles. The van der Waals surface area contributed by atoms with E-state index < -0.39 is 0 Å². The van der Waals surface area contributed by atoms with Gasteiger partial charge in [-0.1, -0.05) is 29.8 Å². The molecule has 0 saturated heterocycles. The lowest BCUT2D eigenvalue weighted by Crippen LogP contribution is -3.10. The van der Waals surface area contributed by atoms with E-state index in [2.05, 4.69) is 18.3 Å². The fourth-order valence-electron chi connectivity index (χ4n) is 2.61. The van der Waals surface area contributed by atoms with Crippen LogP contribution in [0.15, 0.2) is 42.5 Å². The number of aromatic nitrogens is 1. The Hall–Kier alpha value is -1.95. The molecule has 130 valence electrons. The lowest BCUT2D eigenvalue weighted by molar-refractivity contribution is -0.902. The molecular weight excluding hydrogens is 354 g/mol. The van der Waals surface area contributed by atoms with Crippen LogP contribution >= 0.6 is 22.9 Å². The minimum Gasteiger partial charge on any atom is -0.322 e. The van der Waals surface area contributed by atoms with Crippen LogP contribution in [0.25, 0.3) is 10.2 Å². The SMILES string of the molecule is Cc1ccc(NC(=O)C[NH+](C)[C@H](C)c2nc3ccccc3s2)c(Cl)c1. The number of amides is 1. The number of rotatable bonds is 5. The number of aryl methyl sites for hydroxylation is 1. The van der Waals surface area contributed by atoms with Crippen molar-refractivity contribution in [1.82, 2.24) is 4.98 Å². The van der Waals surface area contributed by atoms with E-state index in [0.29, 0.717) is 17.3 Å². The van der Waals surface area contributed by atoms with E-state index in [0.717, 1.165) is 21.0 Å². The summed E-state index contributed by atoms with van der Waals surface area (Å²) in [5.41, 5.74) is 2.73. The number of thiazole rings is 1. The molecule has 1 aromatic heterocycles. The smallest absolute Gasteiger partial charge is 0.279 e. The summed E-state index contributed by atoms with van der Waals surface area (Å²) < 4.78 is 1.17. The number of carbonyl (C=O) groups excluding carboxylic acids is 1. The number of likely N-dealkylation sites (N-methyl/N-ethyl adjacent to an activating group) is 1. The van der Waals surface area contributed by atoms with Crippen LogP contribution in [0.5, 0.6) is 0 Å². The van der Waals surface area contributed by atoms with Gasteiger partial charge in [0.1, 0.15) is 6.04 Å². The van der Waals surface area contributed by atoms with Crippen LogP contribution in [-0.2, 0) is 4.79 Å². The van der Waals surface area contributed by atoms with E-state index in [1.165, 1.54) is 4.70 Å². The molecule has 0 radical (unpaired) electrons. The Kier molecular flexibility index (Phi) is 5.37. The van der Waals surface area contributed by atoms with E-state index >= 15 is 0 Å². The molecule has 0 spiro atoms. The second-order valence-corrected chi connectivity index (χ2v) is 7.77. The molecule has 0 saturated carbocycles. The maximum Gasteiger partial charge on any atom is 0.279 e. The van der Waals surface area contributed by atoms with E-state index in [4.69, 9.17) is 16.6 Å². The Bertz CT molecular complexity index is 876. The molecule has 25 heavy (non-hydrogen) atoms. The minimum absolute atomic E-state index is 0.0591. The van der Waals surface area contributed by atoms with Gasteiger partial charge in [0, 0.05) is 0 Å². The standard InChI is InChI=1S/C19H20ClN3OS/c1-12-8-9-15(14(20)10-12)21-18(24)11-23(3)13(2)19-22-16-6-4-5-7-17(16)25-19/h4-10,13H,11H2,1-3H3,(H,21,24)/p+1/t13-/m1/s1. The molecule has 6 heteroatoms. The van der Waals surface area contributed by atoms with Crippen LogP contribution in [0.4, 0.5) is 5.69 Å². The summed E-state index contributed by atoms with van der Waals surface area (Å²) in [6, 6.07) is 13.8. The summed E-state index contributed by atoms with van der Waals surface area (Å²) in [6.07, 6.45) is 0. The van der Waals surface area contributed by atoms with Gasteiger partial charge in [-0.05, 0) is 43.7 Å². The van der Waals surface area contributed by atoms with Crippen molar-refractivity contribution in [2.24, 2.45) is 0 Å². The predicted molar refractivity (Wildman–Crippen MR) is 105 cm³/mol. The lowest BCUT2D eigenvalue weighted by atomic mass is 10.2. The van der Waals surface area contributed by atoms with Gasteiger partial charge in [-0.2, -0.15) is 0 Å². The highest BCUT2D eigenvalue weighted by atomic mass is 35.5. The highest BCUT2D eigenvalue weighted by Crippen LogP contribution is 2.25. The van der Waals surface area contributed by atoms with Gasteiger partial charge in [0.15, 0.2) is 11.6 Å². The van der Waals surface area contributed by atoms with Crippen LogP contribution < -0.4 is 10.2 Å². The molecule has 2 atom stereocenters. The zero-order valence-corrected chi connectivity index (χ0v) is 16.0. The molecule has 3 aromatic rings. The Morgan fingerprint density at radius 3 is 2.80 bits per heavy atom. The number of hydrogen-bond acceptors (Lipinski definition) is 3. The van der Waals surface area contributed by atoms with Crippen LogP contribution in [0.3, 0.4) is 0 Å². The molecule has 0 fully saturated rings. The summed E-state index contributed by atoms with van der Waals surface area (Å²) in [5, 5.41) is 4.49. The first-order chi connectivity index (χ1) is 11.9. The van der Waals surface area contributed by atoms with E-state index in [9.17, 15) is 4.79 Å². The number of benzene rings is 2. The van der Waals surface area contributed by atoms with Gasteiger partial charge in [-0.15, -0.1) is 11.3 Å². The maximum atomic E-state index is 12.4. The normalized spacial score (nSPS) is 13.6. The Balaban J connectivity index is 1.66. The third kappa shape index (κ3) is 4.18. The third-order valence-electron chi connectivity index (χ3n) is 4.26. The first-order valence-corrected chi connectivity index (χ1v) is 9.37. The number of fused-ring (bicyclic) bond motifs is 1. The summed E-state index contributed by atoms with van der Waals surface area (Å²) in [4.78, 5) is 18.1. The number of carbonyl (C=O) groups is 1. The molecule has 3 rings (SSSR count). The fraction of sp³-hybridized carbons (Fsp3) is 0.263. The van der Waals surface area contributed by atoms with Crippen molar-refractivity contribution in [3.8, 4) is 0 Å². The van der Waals surface area contributed by atoms with Crippen molar-refractivity contribution in [3.05, 3.63) is 58.1 Å². The van der Waals surface area contributed by atoms with Gasteiger partial charge in [0.25, 0.3) is 5.91 Å². The van der Waals surface area contributed by atoms with Crippen molar-refractivity contribution in [2.75, 3.05) is 18.9 Å². The number of quaternary nitrogens is 1. The predicted octanol–water partition coefficient (Wildman–Crippen LogP) is 3.47. The zero-order valence-electron chi connectivity index (χ0n) is 14.5. The molecule has 0 bridgehead atoms. The first-order valence-electron chi connectivity index (χ1n) is 8.18. The van der Waals surface area contributed by atoms with E-state index in [1.54, 1.807) is 11.3 Å². The largest absolute Gasteiger partial charge is 0.322 e. The molecular formula is C19H21ClN3OS+. The average molecular weight is 375 g/mol. The quantitative estimate of drug-likeness (QED) is 0.718. The molecule has 0 aliphatic carbocycles. The van der Waals surface area contributed by atoms with Crippen molar-refractivity contribution < 1.29 is 9.69 Å². The van der Waals surface area contributed by atoms with Gasteiger partial charge in [-0.25, -0.2) is 4.98 Å². The fourth-order valence-corrected chi connectivity index (χ4v) is 4.00. The van der Waals surface area contributed by atoms with E-state index in [1.807, 2.05) is 50.4 Å². The molecule has 2 N–H and O–H groups in total. The highest BCUT2D eigenvalue weighted by molar-refractivity contribution is 7.18. The molecule has 1 unspecified atom stereocenters. The molecule has 4 nitrogen and oxygen atoms in total. The molecule has 1 amide bonds. The number of anilines is 1. The molecule has 0 aliphatic rings. The number of nitrogens with zero attached hydrogens (tertiary/aromatic N) is 1. The average Bonchev–Trinajstić information content (AvgIpc) is 3.00. The number of halogens is 1. The van der Waals surface area contributed by atoms with Crippen molar-refractivity contribution in [1.29, 1.82) is 0 Å². The second-order valence-electron chi connectivity index (χ2n) is 6.30. The van der Waals surface area contributed by atoms with Gasteiger partial charge in [0.05, 0.1) is 28.0 Å². The third-order valence-corrected chi connectivity index (χ3v) is 5.79. The summed E-state index contributed by atoms with van der Waals surface area (Å²) >= 11 is 7.87. The van der Waals surface area contributed by atoms with Gasteiger partial charge >= 0.3 is 0 Å². The van der Waals surface area contributed by atoms with E-state index in [-0.39, 0.29) is 11.9 Å². The number of hydrogen-bond donors (Lipinski definition) is 2. The topological polar surface area (TPSA) is 46.4 Å². The number of para-hydroxylation sites is 1. The van der Waals surface area contributed by atoms with Crippen LogP contribution in [0, 0.1) is 6.92 Å². The van der Waals surface area contributed by atoms with Crippen LogP contribution in [0.1, 0.15) is 23.5 Å². The van der Waals surface area contributed by atoms with Crippen molar-refractivity contribution in [2.45, 2.75) is 19.9 Å². The van der Waals surface area contributed by atoms with Gasteiger partial charge in [-0.3, -0.25) is 4.79 Å². The first kappa shape index (κ1) is 17.9. The monoisotopic (exact) mass is 374 g/mol. The Morgan fingerprint density at radius 2 is 2.08 bits per heavy atom. The summed E-state index contributed by atoms with van der Waals surface area (Å²) in [6.45, 7) is 4.41. The maximum absolute atomic E-state index is 12.4. The zero-order chi connectivity index (χ0) is 18.0. The van der Waals surface area contributed by atoms with Gasteiger partial charge < -0.3 is 10.2 Å². The summed E-state index contributed by atoms with van der Waals surface area (Å²) in [7, 11) is 2.01. The Labute approximate surface area is 156 Å². The molecule has 0 aliphatic heterocycles. The van der Waals surface area contributed by atoms with Gasteiger partial charge in [0.2, 0.25) is 0 Å². The van der Waals surface area contributed by atoms with Crippen molar-refractivity contribution in [3.63, 3.8) is 0 Å². The number of nitrogens with one attached hydrogen (secondary N) is 2.